The number of thioether (sulfide) groups is 1. The lowest BCUT2D eigenvalue weighted by molar-refractivity contribution is -0.118. The van der Waals surface area contributed by atoms with E-state index in [2.05, 4.69) is 48.0 Å². The van der Waals surface area contributed by atoms with Gasteiger partial charge in [-0.25, -0.2) is 4.98 Å². The van der Waals surface area contributed by atoms with Crippen molar-refractivity contribution in [3.05, 3.63) is 47.3 Å². The van der Waals surface area contributed by atoms with Crippen LogP contribution in [0.2, 0.25) is 0 Å². The van der Waals surface area contributed by atoms with Crippen molar-refractivity contribution in [2.75, 3.05) is 12.3 Å². The lowest BCUT2D eigenvalue weighted by atomic mass is 9.95. The molecule has 0 aliphatic heterocycles. The normalized spacial score (nSPS) is 15.0. The summed E-state index contributed by atoms with van der Waals surface area (Å²) in [5.74, 6) is 0.537. The van der Waals surface area contributed by atoms with Crippen molar-refractivity contribution in [1.29, 1.82) is 0 Å². The Bertz CT molecular complexity index is 736. The first-order valence-corrected chi connectivity index (χ1v) is 11.1. The largest absolute Gasteiger partial charge is 0.355 e. The Hall–Kier alpha value is -1.75. The third kappa shape index (κ3) is 5.61. The monoisotopic (exact) mass is 385 g/mol. The van der Waals surface area contributed by atoms with Crippen molar-refractivity contribution in [3.63, 3.8) is 0 Å². The first kappa shape index (κ1) is 20.0. The minimum atomic E-state index is 0.0987. The third-order valence-corrected chi connectivity index (χ3v) is 6.39. The van der Waals surface area contributed by atoms with Gasteiger partial charge in [0, 0.05) is 18.3 Å². The number of nitrogens with zero attached hydrogens (tertiary/aromatic N) is 2. The van der Waals surface area contributed by atoms with Crippen molar-refractivity contribution in [3.8, 4) is 0 Å². The summed E-state index contributed by atoms with van der Waals surface area (Å²) in [5, 5.41) is 4.06. The Balaban J connectivity index is 1.46. The zero-order valence-corrected chi connectivity index (χ0v) is 17.4. The van der Waals surface area contributed by atoms with Crippen LogP contribution < -0.4 is 5.32 Å². The molecule has 4 nitrogen and oxygen atoms in total. The van der Waals surface area contributed by atoms with Crippen LogP contribution in [-0.2, 0) is 11.2 Å². The van der Waals surface area contributed by atoms with Gasteiger partial charge in [0.2, 0.25) is 5.91 Å². The van der Waals surface area contributed by atoms with Crippen molar-refractivity contribution in [1.82, 2.24) is 14.9 Å². The van der Waals surface area contributed by atoms with Crippen LogP contribution in [0.5, 0.6) is 0 Å². The summed E-state index contributed by atoms with van der Waals surface area (Å²) in [4.78, 5) is 17.0. The average molecular weight is 386 g/mol. The molecular formula is C22H31N3OS. The smallest absolute Gasteiger partial charge is 0.230 e. The maximum absolute atomic E-state index is 12.2. The van der Waals surface area contributed by atoms with E-state index in [-0.39, 0.29) is 5.91 Å². The molecule has 0 unspecified atom stereocenters. The lowest BCUT2D eigenvalue weighted by Gasteiger charge is -2.26. The Kier molecular flexibility index (Phi) is 7.39. The van der Waals surface area contributed by atoms with Crippen molar-refractivity contribution >= 4 is 17.7 Å². The van der Waals surface area contributed by atoms with E-state index in [0.717, 1.165) is 30.2 Å². The molecule has 0 bridgehead atoms. The number of aromatic nitrogens is 2. The van der Waals surface area contributed by atoms with E-state index in [0.29, 0.717) is 11.8 Å². The molecule has 1 aromatic heterocycles. The fraction of sp³-hybridized carbons (Fsp3) is 0.545. The van der Waals surface area contributed by atoms with E-state index < -0.39 is 0 Å². The predicted molar refractivity (Wildman–Crippen MR) is 112 cm³/mol. The fourth-order valence-electron chi connectivity index (χ4n) is 3.81. The van der Waals surface area contributed by atoms with Crippen molar-refractivity contribution < 1.29 is 4.79 Å². The number of aryl methyl sites for hydroxylation is 2. The fourth-order valence-corrected chi connectivity index (χ4v) is 4.80. The summed E-state index contributed by atoms with van der Waals surface area (Å²) in [7, 11) is 0. The second-order valence-corrected chi connectivity index (χ2v) is 8.40. The standard InChI is InChI=1S/C22H31N3OS/c1-17-18(2)25(20-13-7-4-8-14-20)22(24-17)27-16-21(26)23-15-9-12-19-10-5-3-6-11-19/h3,5-6,10-11,20H,4,7-9,12-16H2,1-2H3,(H,23,26). The minimum Gasteiger partial charge on any atom is -0.355 e. The highest BCUT2D eigenvalue weighted by atomic mass is 32.2. The molecule has 2 aromatic rings. The lowest BCUT2D eigenvalue weighted by Crippen LogP contribution is -2.26. The van der Waals surface area contributed by atoms with Gasteiger partial charge in [-0.3, -0.25) is 4.79 Å². The predicted octanol–water partition coefficient (Wildman–Crippen LogP) is 4.85. The highest BCUT2D eigenvalue weighted by Crippen LogP contribution is 2.34. The molecule has 146 valence electrons. The molecule has 3 rings (SSSR count). The van der Waals surface area contributed by atoms with Gasteiger partial charge < -0.3 is 9.88 Å². The molecule has 0 atom stereocenters. The maximum atomic E-state index is 12.2. The Morgan fingerprint density at radius 3 is 2.67 bits per heavy atom. The van der Waals surface area contributed by atoms with Gasteiger partial charge in [0.15, 0.2) is 5.16 Å². The van der Waals surface area contributed by atoms with Crippen LogP contribution in [0.3, 0.4) is 0 Å². The molecule has 0 spiro atoms. The highest BCUT2D eigenvalue weighted by molar-refractivity contribution is 7.99. The van der Waals surface area contributed by atoms with Crippen LogP contribution in [0.15, 0.2) is 35.5 Å². The van der Waals surface area contributed by atoms with E-state index >= 15 is 0 Å². The SMILES string of the molecule is Cc1nc(SCC(=O)NCCCc2ccccc2)n(C2CCCCC2)c1C. The summed E-state index contributed by atoms with van der Waals surface area (Å²) in [6, 6.07) is 11.0. The number of rotatable bonds is 8. The van der Waals surface area contributed by atoms with E-state index in [9.17, 15) is 4.79 Å². The second-order valence-electron chi connectivity index (χ2n) is 7.45. The van der Waals surface area contributed by atoms with Crippen LogP contribution in [0.25, 0.3) is 0 Å². The first-order chi connectivity index (χ1) is 13.1. The summed E-state index contributed by atoms with van der Waals surface area (Å²) < 4.78 is 2.39. The summed E-state index contributed by atoms with van der Waals surface area (Å²) >= 11 is 1.58. The highest BCUT2D eigenvalue weighted by Gasteiger charge is 2.22. The average Bonchev–Trinajstić information content (AvgIpc) is 2.99. The van der Waals surface area contributed by atoms with Crippen LogP contribution in [0.4, 0.5) is 0 Å². The molecule has 1 aliphatic rings. The molecule has 1 aromatic carbocycles. The molecule has 1 saturated carbocycles. The van der Waals surface area contributed by atoms with Crippen LogP contribution in [0, 0.1) is 13.8 Å². The van der Waals surface area contributed by atoms with Crippen LogP contribution in [0.1, 0.15) is 61.5 Å². The maximum Gasteiger partial charge on any atom is 0.230 e. The molecule has 0 saturated heterocycles. The summed E-state index contributed by atoms with van der Waals surface area (Å²) in [5.41, 5.74) is 3.67. The van der Waals surface area contributed by atoms with Gasteiger partial charge >= 0.3 is 0 Å². The van der Waals surface area contributed by atoms with Gasteiger partial charge in [0.05, 0.1) is 11.4 Å². The second kappa shape index (κ2) is 9.98. The molecule has 0 radical (unpaired) electrons. The van der Waals surface area contributed by atoms with Crippen LogP contribution >= 0.6 is 11.8 Å². The van der Waals surface area contributed by atoms with Gasteiger partial charge in [-0.05, 0) is 45.1 Å². The molecule has 1 heterocycles. The Morgan fingerprint density at radius 2 is 1.93 bits per heavy atom. The molecule has 27 heavy (non-hydrogen) atoms. The molecule has 1 amide bonds. The Labute approximate surface area is 167 Å². The van der Waals surface area contributed by atoms with Crippen molar-refractivity contribution in [2.45, 2.75) is 70.0 Å². The zero-order valence-electron chi connectivity index (χ0n) is 16.5. The third-order valence-electron chi connectivity index (χ3n) is 5.43. The van der Waals surface area contributed by atoms with Gasteiger partial charge in [-0.15, -0.1) is 0 Å². The molecule has 1 fully saturated rings. The first-order valence-electron chi connectivity index (χ1n) is 10.1. The summed E-state index contributed by atoms with van der Waals surface area (Å²) in [6.07, 6.45) is 8.37. The van der Waals surface area contributed by atoms with E-state index in [1.165, 1.54) is 43.4 Å². The number of nitrogens with one attached hydrogen (secondary N) is 1. The summed E-state index contributed by atoms with van der Waals surface area (Å²) in [6.45, 7) is 4.95. The number of carbonyl (C=O) groups is 1. The van der Waals surface area contributed by atoms with E-state index in [1.807, 2.05) is 6.07 Å². The van der Waals surface area contributed by atoms with Gasteiger partial charge in [-0.2, -0.15) is 0 Å². The molecule has 5 heteroatoms. The van der Waals surface area contributed by atoms with Gasteiger partial charge in [-0.1, -0.05) is 61.4 Å². The number of carbonyl (C=O) groups excluding carboxylic acids is 1. The Morgan fingerprint density at radius 1 is 1.19 bits per heavy atom. The minimum absolute atomic E-state index is 0.0987. The zero-order chi connectivity index (χ0) is 19.1. The number of hydrogen-bond acceptors (Lipinski definition) is 3. The number of hydrogen-bond donors (Lipinski definition) is 1. The number of amides is 1. The van der Waals surface area contributed by atoms with E-state index in [4.69, 9.17) is 4.98 Å². The van der Waals surface area contributed by atoms with Crippen molar-refractivity contribution in [2.24, 2.45) is 0 Å². The van der Waals surface area contributed by atoms with Gasteiger partial charge in [0.1, 0.15) is 0 Å². The quantitative estimate of drug-likeness (QED) is 0.522. The van der Waals surface area contributed by atoms with E-state index in [1.54, 1.807) is 11.8 Å². The van der Waals surface area contributed by atoms with Crippen LogP contribution in [-0.4, -0.2) is 27.8 Å². The molecular weight excluding hydrogens is 354 g/mol. The number of imidazole rings is 1. The number of benzene rings is 1. The molecule has 1 aliphatic carbocycles. The molecule has 1 N–H and O–H groups in total. The topological polar surface area (TPSA) is 46.9 Å². The van der Waals surface area contributed by atoms with Gasteiger partial charge in [0.25, 0.3) is 0 Å².